The zero-order chi connectivity index (χ0) is 15.4. The number of piperidine rings is 1. The van der Waals surface area contributed by atoms with Crippen molar-refractivity contribution in [3.8, 4) is 0 Å². The van der Waals surface area contributed by atoms with Gasteiger partial charge in [0.1, 0.15) is 6.04 Å². The minimum Gasteiger partial charge on any atom is -1.00 e. The molecule has 4 nitrogen and oxygen atoms in total. The molecule has 3 aliphatic heterocycles. The van der Waals surface area contributed by atoms with Crippen molar-refractivity contribution in [2.75, 3.05) is 33.4 Å². The number of nitrogens with one attached hydrogen (secondary N) is 1. The highest BCUT2D eigenvalue weighted by atomic mass is 127. The van der Waals surface area contributed by atoms with Crippen LogP contribution >= 0.6 is 0 Å². The summed E-state index contributed by atoms with van der Waals surface area (Å²) in [6.45, 7) is 4.00. The van der Waals surface area contributed by atoms with Gasteiger partial charge in [-0.05, 0) is 11.6 Å². The van der Waals surface area contributed by atoms with Gasteiger partial charge in [0.2, 0.25) is 0 Å². The summed E-state index contributed by atoms with van der Waals surface area (Å²) in [6.07, 6.45) is 3.60. The van der Waals surface area contributed by atoms with Crippen molar-refractivity contribution in [1.29, 1.82) is 0 Å². The highest BCUT2D eigenvalue weighted by Crippen LogP contribution is 2.46. The maximum absolute atomic E-state index is 5.81. The Morgan fingerprint density at radius 1 is 1.12 bits per heavy atom. The number of quaternary nitrogens is 1. The first-order chi connectivity index (χ1) is 11.2. The number of para-hydroxylation sites is 1. The first kappa shape index (κ1) is 16.8. The van der Waals surface area contributed by atoms with Gasteiger partial charge in [0.05, 0.1) is 39.0 Å². The van der Waals surface area contributed by atoms with Crippen molar-refractivity contribution in [1.82, 2.24) is 4.98 Å². The number of hydrogen-bond donors (Lipinski definition) is 1. The molecule has 0 saturated carbocycles. The predicted octanol–water partition coefficient (Wildman–Crippen LogP) is -0.00140. The molecule has 1 aromatic heterocycles. The molecule has 130 valence electrons. The molecule has 2 saturated heterocycles. The Kier molecular flexibility index (Phi) is 4.39. The van der Waals surface area contributed by atoms with E-state index in [1.165, 1.54) is 53.4 Å². The normalized spacial score (nSPS) is 33.0. The fourth-order valence-electron chi connectivity index (χ4n) is 5.01. The van der Waals surface area contributed by atoms with Gasteiger partial charge in [0, 0.05) is 36.1 Å². The summed E-state index contributed by atoms with van der Waals surface area (Å²) in [5.41, 5.74) is 4.32. The Hall–Kier alpha value is -0.630. The lowest BCUT2D eigenvalue weighted by molar-refractivity contribution is -0.948. The second-order valence-corrected chi connectivity index (χ2v) is 7.65. The Morgan fingerprint density at radius 3 is 2.75 bits per heavy atom. The lowest BCUT2D eigenvalue weighted by Crippen LogP contribution is -3.00. The van der Waals surface area contributed by atoms with E-state index in [-0.39, 0.29) is 30.3 Å². The van der Waals surface area contributed by atoms with Crippen LogP contribution < -0.4 is 24.0 Å². The lowest BCUT2D eigenvalue weighted by Gasteiger charge is -2.49. The summed E-state index contributed by atoms with van der Waals surface area (Å²) in [7, 11) is 2.44. The van der Waals surface area contributed by atoms with Gasteiger partial charge in [0.25, 0.3) is 0 Å². The maximum Gasteiger partial charge on any atom is 0.161 e. The molecule has 0 aliphatic carbocycles. The van der Waals surface area contributed by atoms with Crippen LogP contribution in [-0.4, -0.2) is 49.1 Å². The minimum absolute atomic E-state index is 0. The van der Waals surface area contributed by atoms with Crippen molar-refractivity contribution >= 4 is 10.9 Å². The molecule has 0 unspecified atom stereocenters. The summed E-state index contributed by atoms with van der Waals surface area (Å²) in [6, 6.07) is 9.31. The molecular formula is C19H25IN2O2. The fraction of sp³-hybridized carbons (Fsp3) is 0.579. The Labute approximate surface area is 160 Å². The quantitative estimate of drug-likeness (QED) is 0.501. The third-order valence-electron chi connectivity index (χ3n) is 6.37. The molecule has 2 aromatic rings. The van der Waals surface area contributed by atoms with E-state index in [0.717, 1.165) is 13.2 Å². The van der Waals surface area contributed by atoms with Crippen LogP contribution in [0.25, 0.3) is 10.9 Å². The van der Waals surface area contributed by atoms with E-state index in [4.69, 9.17) is 9.47 Å². The number of fused-ring (bicyclic) bond motifs is 5. The highest BCUT2D eigenvalue weighted by Gasteiger charge is 2.47. The molecule has 24 heavy (non-hydrogen) atoms. The van der Waals surface area contributed by atoms with E-state index in [1.54, 1.807) is 5.56 Å². The van der Waals surface area contributed by atoms with Gasteiger partial charge in [0.15, 0.2) is 6.29 Å². The van der Waals surface area contributed by atoms with Crippen molar-refractivity contribution < 1.29 is 37.9 Å². The second kappa shape index (κ2) is 6.27. The SMILES string of the molecule is C[N@@+]12CCc3c([nH]c4ccccc34)[C@@H]1C[C@@H](C1OCCO1)CC2.[I-]. The summed E-state index contributed by atoms with van der Waals surface area (Å²) in [5, 5.41) is 1.42. The highest BCUT2D eigenvalue weighted by molar-refractivity contribution is 5.85. The second-order valence-electron chi connectivity index (χ2n) is 7.65. The number of hydrogen-bond acceptors (Lipinski definition) is 2. The Bertz CT molecular complexity index is 740. The molecule has 3 aliphatic rings. The maximum atomic E-state index is 5.81. The van der Waals surface area contributed by atoms with Gasteiger partial charge in [-0.2, -0.15) is 0 Å². The van der Waals surface area contributed by atoms with Crippen LogP contribution in [0.3, 0.4) is 0 Å². The first-order valence-corrected chi connectivity index (χ1v) is 8.91. The van der Waals surface area contributed by atoms with E-state index >= 15 is 0 Å². The standard InChI is InChI=1S/C19H25N2O2.HI/c1-21-8-6-13(19-22-10-11-23-19)12-17(21)18-15(7-9-21)14-4-2-3-5-16(14)20-18;/h2-5,13,17,19-20H,6-12H2,1H3;1H/q+1;/p-1/t13-,17-,21+;/m0./s1. The lowest BCUT2D eigenvalue weighted by atomic mass is 9.82. The van der Waals surface area contributed by atoms with Crippen molar-refractivity contribution in [2.45, 2.75) is 31.6 Å². The molecular weight excluding hydrogens is 415 g/mol. The monoisotopic (exact) mass is 440 g/mol. The summed E-state index contributed by atoms with van der Waals surface area (Å²) >= 11 is 0. The number of halogens is 1. The molecule has 5 rings (SSSR count). The van der Waals surface area contributed by atoms with Crippen LogP contribution in [0.4, 0.5) is 0 Å². The van der Waals surface area contributed by atoms with E-state index in [1.807, 2.05) is 0 Å². The van der Waals surface area contributed by atoms with E-state index < -0.39 is 0 Å². The molecule has 3 atom stereocenters. The average molecular weight is 440 g/mol. The van der Waals surface area contributed by atoms with Crippen LogP contribution in [0.2, 0.25) is 0 Å². The Morgan fingerprint density at radius 2 is 1.92 bits per heavy atom. The third-order valence-corrected chi connectivity index (χ3v) is 6.37. The van der Waals surface area contributed by atoms with Gasteiger partial charge in [-0.15, -0.1) is 0 Å². The molecule has 5 heteroatoms. The van der Waals surface area contributed by atoms with Gasteiger partial charge in [-0.3, -0.25) is 0 Å². The molecule has 1 N–H and O–H groups in total. The van der Waals surface area contributed by atoms with E-state index in [0.29, 0.717) is 12.0 Å². The topological polar surface area (TPSA) is 34.2 Å². The zero-order valence-electron chi connectivity index (χ0n) is 14.1. The van der Waals surface area contributed by atoms with Crippen molar-refractivity contribution in [3.63, 3.8) is 0 Å². The number of aromatic amines is 1. The van der Waals surface area contributed by atoms with Crippen LogP contribution in [0, 0.1) is 5.92 Å². The number of H-pyrrole nitrogens is 1. The molecule has 4 heterocycles. The number of likely N-dealkylation sites (N-methyl/N-ethyl adjacent to an activating group) is 1. The third kappa shape index (κ3) is 2.52. The fourth-order valence-corrected chi connectivity index (χ4v) is 5.01. The number of rotatable bonds is 1. The minimum atomic E-state index is 0. The van der Waals surface area contributed by atoms with Gasteiger partial charge >= 0.3 is 0 Å². The molecule has 0 bridgehead atoms. The zero-order valence-corrected chi connectivity index (χ0v) is 16.3. The summed E-state index contributed by atoms with van der Waals surface area (Å²) in [5.74, 6) is 0.533. The number of ether oxygens (including phenoxy) is 2. The summed E-state index contributed by atoms with van der Waals surface area (Å²) < 4.78 is 12.8. The van der Waals surface area contributed by atoms with E-state index in [2.05, 4.69) is 36.3 Å². The van der Waals surface area contributed by atoms with Crippen LogP contribution in [0.1, 0.15) is 30.1 Å². The molecule has 1 aromatic carbocycles. The van der Waals surface area contributed by atoms with Crippen LogP contribution in [-0.2, 0) is 15.9 Å². The van der Waals surface area contributed by atoms with E-state index in [9.17, 15) is 0 Å². The predicted molar refractivity (Wildman–Crippen MR) is 89.1 cm³/mol. The van der Waals surface area contributed by atoms with Crippen molar-refractivity contribution in [2.24, 2.45) is 5.92 Å². The van der Waals surface area contributed by atoms with Gasteiger partial charge in [-0.25, -0.2) is 0 Å². The first-order valence-electron chi connectivity index (χ1n) is 8.91. The van der Waals surface area contributed by atoms with Crippen LogP contribution in [0.15, 0.2) is 24.3 Å². The molecule has 0 amide bonds. The summed E-state index contributed by atoms with van der Waals surface area (Å²) in [4.78, 5) is 3.75. The Balaban J connectivity index is 0.00000146. The van der Waals surface area contributed by atoms with Gasteiger partial charge < -0.3 is 42.9 Å². The number of benzene rings is 1. The number of aromatic nitrogens is 1. The molecule has 0 spiro atoms. The smallest absolute Gasteiger partial charge is 0.161 e. The van der Waals surface area contributed by atoms with Crippen LogP contribution in [0.5, 0.6) is 0 Å². The number of nitrogens with zero attached hydrogens (tertiary/aromatic N) is 1. The average Bonchev–Trinajstić information content (AvgIpc) is 3.21. The largest absolute Gasteiger partial charge is 1.00 e. The van der Waals surface area contributed by atoms with Crippen molar-refractivity contribution in [3.05, 3.63) is 35.5 Å². The van der Waals surface area contributed by atoms with Gasteiger partial charge in [-0.1, -0.05) is 18.2 Å². The molecule has 0 radical (unpaired) electrons. The molecule has 2 fully saturated rings.